The molecule has 1 fully saturated rings. The molecule has 8 nitrogen and oxygen atoms in total. The van der Waals surface area contributed by atoms with Crippen LogP contribution < -0.4 is 11.0 Å². The molecule has 2 heterocycles. The number of carbonyl (C=O) groups is 1. The molecule has 2 aromatic heterocycles. The molecule has 1 amide bonds. The second-order valence-corrected chi connectivity index (χ2v) is 6.70. The van der Waals surface area contributed by atoms with Gasteiger partial charge in [0, 0.05) is 39.0 Å². The summed E-state index contributed by atoms with van der Waals surface area (Å²) in [5.41, 5.74) is 0.873. The SMILES string of the molecule is Cc1nccnc1C(=O)N[C@@H]1CCCC[C@@H]1Cc1nn(C)c(=O)n1C. The second-order valence-electron chi connectivity index (χ2n) is 6.70. The molecule has 0 saturated heterocycles. The van der Waals surface area contributed by atoms with Gasteiger partial charge in [0.25, 0.3) is 5.91 Å². The van der Waals surface area contributed by atoms with Crippen LogP contribution >= 0.6 is 0 Å². The minimum Gasteiger partial charge on any atom is -0.348 e. The van der Waals surface area contributed by atoms with Crippen molar-refractivity contribution in [3.05, 3.63) is 40.1 Å². The van der Waals surface area contributed by atoms with Gasteiger partial charge >= 0.3 is 5.69 Å². The van der Waals surface area contributed by atoms with Crippen molar-refractivity contribution in [1.82, 2.24) is 29.6 Å². The first-order chi connectivity index (χ1) is 12.0. The summed E-state index contributed by atoms with van der Waals surface area (Å²) in [6.45, 7) is 1.78. The fraction of sp³-hybridized carbons (Fsp3) is 0.588. The zero-order valence-electron chi connectivity index (χ0n) is 14.9. The number of amides is 1. The number of carbonyl (C=O) groups excluding carboxylic acids is 1. The van der Waals surface area contributed by atoms with Gasteiger partial charge in [-0.3, -0.25) is 14.3 Å². The lowest BCUT2D eigenvalue weighted by Crippen LogP contribution is -2.43. The monoisotopic (exact) mass is 344 g/mol. The molecular weight excluding hydrogens is 320 g/mol. The Hall–Kier alpha value is -2.51. The van der Waals surface area contributed by atoms with Crippen LogP contribution in [0, 0.1) is 12.8 Å². The van der Waals surface area contributed by atoms with Gasteiger partial charge in [-0.15, -0.1) is 0 Å². The highest BCUT2D eigenvalue weighted by atomic mass is 16.2. The molecule has 1 saturated carbocycles. The smallest absolute Gasteiger partial charge is 0.345 e. The summed E-state index contributed by atoms with van der Waals surface area (Å²) in [7, 11) is 3.40. The number of hydrogen-bond donors (Lipinski definition) is 1. The highest BCUT2D eigenvalue weighted by Gasteiger charge is 2.29. The predicted octanol–water partition coefficient (Wildman–Crippen LogP) is 0.749. The summed E-state index contributed by atoms with van der Waals surface area (Å²) in [6.07, 6.45) is 7.94. The molecule has 0 spiro atoms. The third-order valence-electron chi connectivity index (χ3n) is 4.98. The molecule has 1 aliphatic carbocycles. The highest BCUT2D eigenvalue weighted by Crippen LogP contribution is 2.27. The van der Waals surface area contributed by atoms with Crippen LogP contribution in [0.1, 0.15) is 47.7 Å². The Bertz CT molecular complexity index is 825. The first kappa shape index (κ1) is 17.3. The average Bonchev–Trinajstić information content (AvgIpc) is 2.84. The maximum absolute atomic E-state index is 12.6. The van der Waals surface area contributed by atoms with Gasteiger partial charge in [0.15, 0.2) is 0 Å². The summed E-state index contributed by atoms with van der Waals surface area (Å²) < 4.78 is 2.94. The number of hydrogen-bond acceptors (Lipinski definition) is 5. The number of aromatic nitrogens is 5. The number of rotatable bonds is 4. The van der Waals surface area contributed by atoms with E-state index in [-0.39, 0.29) is 23.6 Å². The third-order valence-corrected chi connectivity index (χ3v) is 4.98. The van der Waals surface area contributed by atoms with E-state index in [1.807, 2.05) is 0 Å². The summed E-state index contributed by atoms with van der Waals surface area (Å²) >= 11 is 0. The van der Waals surface area contributed by atoms with E-state index in [4.69, 9.17) is 0 Å². The molecule has 1 N–H and O–H groups in total. The van der Waals surface area contributed by atoms with E-state index in [0.29, 0.717) is 17.8 Å². The van der Waals surface area contributed by atoms with Crippen LogP contribution in [0.15, 0.2) is 17.2 Å². The lowest BCUT2D eigenvalue weighted by molar-refractivity contribution is 0.0898. The molecule has 2 aromatic rings. The number of nitrogens with one attached hydrogen (secondary N) is 1. The van der Waals surface area contributed by atoms with E-state index < -0.39 is 0 Å². The van der Waals surface area contributed by atoms with Crippen molar-refractivity contribution in [2.24, 2.45) is 20.0 Å². The Labute approximate surface area is 146 Å². The van der Waals surface area contributed by atoms with Gasteiger partial charge in [-0.25, -0.2) is 14.5 Å². The summed E-state index contributed by atoms with van der Waals surface area (Å²) in [5.74, 6) is 0.835. The van der Waals surface area contributed by atoms with Crippen molar-refractivity contribution in [3.8, 4) is 0 Å². The fourth-order valence-electron chi connectivity index (χ4n) is 3.53. The van der Waals surface area contributed by atoms with Crippen molar-refractivity contribution in [3.63, 3.8) is 0 Å². The van der Waals surface area contributed by atoms with Crippen LogP contribution in [0.5, 0.6) is 0 Å². The van der Waals surface area contributed by atoms with E-state index in [1.54, 1.807) is 31.8 Å². The minimum absolute atomic E-state index is 0.0553. The molecule has 134 valence electrons. The van der Waals surface area contributed by atoms with Crippen LogP contribution in [0.25, 0.3) is 0 Å². The van der Waals surface area contributed by atoms with Gasteiger partial charge < -0.3 is 5.32 Å². The molecule has 2 atom stereocenters. The van der Waals surface area contributed by atoms with Crippen molar-refractivity contribution >= 4 is 5.91 Å². The largest absolute Gasteiger partial charge is 0.348 e. The van der Waals surface area contributed by atoms with Crippen molar-refractivity contribution in [1.29, 1.82) is 0 Å². The van der Waals surface area contributed by atoms with Crippen LogP contribution in [0.2, 0.25) is 0 Å². The Balaban J connectivity index is 1.75. The zero-order chi connectivity index (χ0) is 18.0. The molecular formula is C17H24N6O2. The standard InChI is InChI=1S/C17H24N6O2/c1-11-15(19-9-8-18-11)16(24)20-13-7-5-4-6-12(13)10-14-21-23(3)17(25)22(14)2/h8-9,12-13H,4-7,10H2,1-3H3,(H,20,24)/t12-,13-/m1/s1. The van der Waals surface area contributed by atoms with Crippen LogP contribution in [-0.2, 0) is 20.5 Å². The summed E-state index contributed by atoms with van der Waals surface area (Å²) in [6, 6.07) is 0.0553. The van der Waals surface area contributed by atoms with E-state index in [9.17, 15) is 9.59 Å². The predicted molar refractivity (Wildman–Crippen MR) is 92.1 cm³/mol. The molecule has 0 radical (unpaired) electrons. The number of aryl methyl sites for hydroxylation is 2. The lowest BCUT2D eigenvalue weighted by Gasteiger charge is -2.32. The quantitative estimate of drug-likeness (QED) is 0.883. The molecule has 1 aliphatic rings. The molecule has 0 aliphatic heterocycles. The van der Waals surface area contributed by atoms with Gasteiger partial charge in [-0.2, -0.15) is 5.10 Å². The maximum Gasteiger partial charge on any atom is 0.345 e. The Morgan fingerprint density at radius 2 is 1.96 bits per heavy atom. The Morgan fingerprint density at radius 1 is 1.24 bits per heavy atom. The Morgan fingerprint density at radius 3 is 2.64 bits per heavy atom. The normalized spacial score (nSPS) is 20.4. The average molecular weight is 344 g/mol. The molecule has 0 bridgehead atoms. The first-order valence-electron chi connectivity index (χ1n) is 8.64. The van der Waals surface area contributed by atoms with Gasteiger partial charge in [-0.1, -0.05) is 12.8 Å². The van der Waals surface area contributed by atoms with Gasteiger partial charge in [0.2, 0.25) is 0 Å². The zero-order valence-corrected chi connectivity index (χ0v) is 14.9. The van der Waals surface area contributed by atoms with E-state index >= 15 is 0 Å². The minimum atomic E-state index is -0.183. The second kappa shape index (κ2) is 7.16. The maximum atomic E-state index is 12.6. The van der Waals surface area contributed by atoms with Crippen LogP contribution in [-0.4, -0.2) is 36.3 Å². The fourth-order valence-corrected chi connectivity index (χ4v) is 3.53. The molecule has 0 unspecified atom stereocenters. The van der Waals surface area contributed by atoms with Crippen LogP contribution in [0.3, 0.4) is 0 Å². The molecule has 0 aromatic carbocycles. The lowest BCUT2D eigenvalue weighted by atomic mass is 9.82. The molecule has 8 heteroatoms. The van der Waals surface area contributed by atoms with Crippen molar-refractivity contribution < 1.29 is 4.79 Å². The first-order valence-corrected chi connectivity index (χ1v) is 8.64. The van der Waals surface area contributed by atoms with Crippen molar-refractivity contribution in [2.75, 3.05) is 0 Å². The van der Waals surface area contributed by atoms with Crippen molar-refractivity contribution in [2.45, 2.75) is 45.1 Å². The summed E-state index contributed by atoms with van der Waals surface area (Å²) in [4.78, 5) is 32.7. The highest BCUT2D eigenvalue weighted by molar-refractivity contribution is 5.93. The van der Waals surface area contributed by atoms with E-state index in [2.05, 4.69) is 20.4 Å². The van der Waals surface area contributed by atoms with E-state index in [0.717, 1.165) is 31.5 Å². The molecule has 3 rings (SSSR count). The van der Waals surface area contributed by atoms with Crippen LogP contribution in [0.4, 0.5) is 0 Å². The topological polar surface area (TPSA) is 94.7 Å². The van der Waals surface area contributed by atoms with E-state index in [1.165, 1.54) is 10.9 Å². The van der Waals surface area contributed by atoms with Gasteiger partial charge in [0.1, 0.15) is 11.5 Å². The third kappa shape index (κ3) is 3.62. The number of nitrogens with zero attached hydrogens (tertiary/aromatic N) is 5. The Kier molecular flexibility index (Phi) is 4.96. The van der Waals surface area contributed by atoms with Gasteiger partial charge in [-0.05, 0) is 25.7 Å². The van der Waals surface area contributed by atoms with Gasteiger partial charge in [0.05, 0.1) is 5.69 Å². The molecule has 25 heavy (non-hydrogen) atoms. The summed E-state index contributed by atoms with van der Waals surface area (Å²) in [5, 5.41) is 7.45.